The van der Waals surface area contributed by atoms with E-state index in [0.29, 0.717) is 0 Å². The van der Waals surface area contributed by atoms with Crippen LogP contribution in [0.5, 0.6) is 0 Å². The van der Waals surface area contributed by atoms with Crippen LogP contribution in [0.1, 0.15) is 11.4 Å². The van der Waals surface area contributed by atoms with Gasteiger partial charge in [-0.25, -0.2) is 0 Å². The zero-order chi connectivity index (χ0) is 30.8. The van der Waals surface area contributed by atoms with Crippen LogP contribution in [-0.4, -0.2) is 7.11 Å². The maximum atomic E-state index is 5.94. The molecule has 0 heterocycles. The van der Waals surface area contributed by atoms with E-state index in [1.807, 2.05) is 6.07 Å². The van der Waals surface area contributed by atoms with Gasteiger partial charge in [-0.1, -0.05) is 182 Å². The molecule has 1 nitrogen and oxygen atoms in total. The van der Waals surface area contributed by atoms with Crippen molar-refractivity contribution in [3.05, 3.63) is 188 Å². The molecule has 0 saturated heterocycles. The number of rotatable bonds is 8. The van der Waals surface area contributed by atoms with E-state index >= 15 is 0 Å². The second-order valence-electron chi connectivity index (χ2n) is 9.43. The van der Waals surface area contributed by atoms with E-state index < -0.39 is 32.3 Å². The van der Waals surface area contributed by atoms with Crippen molar-refractivity contribution >= 4 is 61.2 Å². The summed E-state index contributed by atoms with van der Waals surface area (Å²) in [5, 5.41) is 6.86. The SMILES string of the molecule is COC(c1ccccc1)P(c1ccccc1)c1ccccc1.[Cl][Pt][Cl].c1ccc(P(c2ccccc2)c2ccccc2)cc1. The summed E-state index contributed by atoms with van der Waals surface area (Å²) in [4.78, 5) is 0. The van der Waals surface area contributed by atoms with Gasteiger partial charge in [0.1, 0.15) is 5.85 Å². The average molecular weight is 835 g/mol. The van der Waals surface area contributed by atoms with Gasteiger partial charge in [-0.05, 0) is 47.9 Å². The molecule has 226 valence electrons. The van der Waals surface area contributed by atoms with E-state index in [0.717, 1.165) is 0 Å². The zero-order valence-electron chi connectivity index (χ0n) is 24.3. The molecule has 0 aliphatic heterocycles. The van der Waals surface area contributed by atoms with Gasteiger partial charge >= 0.3 is 35.3 Å². The van der Waals surface area contributed by atoms with Gasteiger partial charge in [-0.2, -0.15) is 0 Å². The molecule has 0 bridgehead atoms. The van der Waals surface area contributed by atoms with E-state index in [1.54, 1.807) is 7.11 Å². The molecule has 0 spiro atoms. The van der Waals surface area contributed by atoms with Crippen molar-refractivity contribution in [3.8, 4) is 0 Å². The van der Waals surface area contributed by atoms with Crippen molar-refractivity contribution in [2.75, 3.05) is 7.11 Å². The van der Waals surface area contributed by atoms with E-state index in [9.17, 15) is 0 Å². The maximum Gasteiger partial charge on any atom is -0.0134 e. The van der Waals surface area contributed by atoms with Crippen LogP contribution in [-0.2, 0) is 21.2 Å². The molecule has 1 atom stereocenters. The molecule has 0 saturated carbocycles. The van der Waals surface area contributed by atoms with Crippen LogP contribution < -0.4 is 26.5 Å². The topological polar surface area (TPSA) is 9.23 Å². The first-order valence-electron chi connectivity index (χ1n) is 14.0. The molecule has 1 unspecified atom stereocenters. The summed E-state index contributed by atoms with van der Waals surface area (Å²) < 4.78 is 5.94. The predicted molar refractivity (Wildman–Crippen MR) is 192 cm³/mol. The first-order valence-corrected chi connectivity index (χ1v) is 22.4. The van der Waals surface area contributed by atoms with E-state index in [-0.39, 0.29) is 5.85 Å². The Hall–Kier alpha value is -2.59. The molecular formula is C38H34Cl2OP2Pt. The number of methoxy groups -OCH3 is 1. The minimum atomic E-state index is -0.613. The van der Waals surface area contributed by atoms with Crippen LogP contribution in [0, 0.1) is 0 Å². The fourth-order valence-corrected chi connectivity index (χ4v) is 9.60. The van der Waals surface area contributed by atoms with E-state index in [4.69, 9.17) is 23.6 Å². The van der Waals surface area contributed by atoms with Gasteiger partial charge in [0.25, 0.3) is 0 Å². The fourth-order valence-electron chi connectivity index (χ4n) is 4.78. The first kappa shape index (κ1) is 34.3. The largest absolute Gasteiger partial charge is 0.0622 e. The smallest absolute Gasteiger partial charge is 0.0134 e. The molecular weight excluding hydrogens is 800 g/mol. The number of hydrogen-bond acceptors (Lipinski definition) is 1. The van der Waals surface area contributed by atoms with Crippen molar-refractivity contribution in [3.63, 3.8) is 0 Å². The van der Waals surface area contributed by atoms with Crippen molar-refractivity contribution in [2.24, 2.45) is 0 Å². The predicted octanol–water partition coefficient (Wildman–Crippen LogP) is 9.29. The molecule has 0 N–H and O–H groups in total. The molecule has 6 aromatic rings. The first-order chi connectivity index (χ1) is 21.8. The number of hydrogen-bond donors (Lipinski definition) is 0. The Morgan fingerprint density at radius 2 is 0.682 bits per heavy atom. The Kier molecular flexibility index (Phi) is 15.4. The number of halogens is 2. The second kappa shape index (κ2) is 19.7. The van der Waals surface area contributed by atoms with Gasteiger partial charge < -0.3 is 4.74 Å². The molecule has 0 aromatic heterocycles. The van der Waals surface area contributed by atoms with Crippen molar-refractivity contribution in [1.82, 2.24) is 0 Å². The quantitative estimate of drug-likeness (QED) is 0.139. The monoisotopic (exact) mass is 833 g/mol. The molecule has 0 amide bonds. The molecule has 0 aliphatic carbocycles. The van der Waals surface area contributed by atoms with E-state index in [1.165, 1.54) is 32.1 Å². The summed E-state index contributed by atoms with van der Waals surface area (Å²) in [6.45, 7) is 0. The van der Waals surface area contributed by atoms with Crippen molar-refractivity contribution in [1.29, 1.82) is 0 Å². The van der Waals surface area contributed by atoms with Gasteiger partial charge in [-0.15, -0.1) is 0 Å². The van der Waals surface area contributed by atoms with Gasteiger partial charge in [-0.3, -0.25) is 0 Å². The standard InChI is InChI=1S/C20H19OP.C18H15P.2ClH.Pt/c1-21-20(17-11-5-2-6-12-17)22(18-13-7-3-8-14-18)19-15-9-4-10-16-19;1-4-10-16(11-5-1)19(17-12-6-2-7-13-17)18-14-8-3-9-15-18;;;/h2-16,20H,1H3;1-15H;2*1H;/q;;;;+2/p-2. The van der Waals surface area contributed by atoms with Crippen molar-refractivity contribution < 1.29 is 21.2 Å². The molecule has 6 rings (SSSR count). The van der Waals surface area contributed by atoms with Gasteiger partial charge in [0, 0.05) is 7.11 Å². The second-order valence-corrected chi connectivity index (χ2v) is 17.2. The van der Waals surface area contributed by atoms with Crippen LogP contribution in [0.25, 0.3) is 0 Å². The van der Waals surface area contributed by atoms with Gasteiger partial charge in [0.05, 0.1) is 0 Å². The summed E-state index contributed by atoms with van der Waals surface area (Å²) in [6.07, 6.45) is 0. The maximum absolute atomic E-state index is 5.94. The minimum absolute atomic E-state index is 0.0565. The summed E-state index contributed by atoms with van der Waals surface area (Å²) in [7, 11) is 10.5. The minimum Gasteiger partial charge on any atom is -0.0622 e. The summed E-state index contributed by atoms with van der Waals surface area (Å²) >= 11 is -0.472. The molecule has 6 heteroatoms. The summed E-state index contributed by atoms with van der Waals surface area (Å²) in [5.41, 5.74) is 1.23. The molecule has 6 aromatic carbocycles. The summed E-state index contributed by atoms with van der Waals surface area (Å²) in [5.74, 6) is 0.0565. The Morgan fingerprint density at radius 3 is 0.955 bits per heavy atom. The van der Waals surface area contributed by atoms with Crippen molar-refractivity contribution in [2.45, 2.75) is 5.85 Å². The zero-order valence-corrected chi connectivity index (χ0v) is 29.8. The van der Waals surface area contributed by atoms with Crippen LogP contribution in [0.4, 0.5) is 0 Å². The normalized spacial score (nSPS) is 11.2. The molecule has 0 radical (unpaired) electrons. The van der Waals surface area contributed by atoms with Crippen LogP contribution >= 0.6 is 34.7 Å². The molecule has 0 aliphatic rings. The Balaban J connectivity index is 0.000000186. The summed E-state index contributed by atoms with van der Waals surface area (Å²) in [6, 6.07) is 64.2. The van der Waals surface area contributed by atoms with Gasteiger partial charge in [0.2, 0.25) is 0 Å². The van der Waals surface area contributed by atoms with Crippen LogP contribution in [0.2, 0.25) is 0 Å². The third-order valence-corrected chi connectivity index (χ3v) is 11.8. The molecule has 44 heavy (non-hydrogen) atoms. The number of ether oxygens (including phenoxy) is 1. The molecule has 0 fully saturated rings. The van der Waals surface area contributed by atoms with E-state index in [2.05, 4.69) is 176 Å². The van der Waals surface area contributed by atoms with Gasteiger partial charge in [0.15, 0.2) is 0 Å². The van der Waals surface area contributed by atoms with Crippen LogP contribution in [0.15, 0.2) is 182 Å². The van der Waals surface area contributed by atoms with Crippen LogP contribution in [0.3, 0.4) is 0 Å². The third kappa shape index (κ3) is 10.2. The Bertz CT molecular complexity index is 1450. The number of benzene rings is 6. The Morgan fingerprint density at radius 1 is 0.432 bits per heavy atom. The fraction of sp³-hybridized carbons (Fsp3) is 0.0526. The Labute approximate surface area is 281 Å². The average Bonchev–Trinajstić information content (AvgIpc) is 3.10. The third-order valence-electron chi connectivity index (χ3n) is 6.65.